The Morgan fingerprint density at radius 1 is 0.853 bits per heavy atom. The van der Waals surface area contributed by atoms with Gasteiger partial charge in [-0.15, -0.1) is 10.2 Å². The van der Waals surface area contributed by atoms with E-state index >= 15 is 0 Å². The highest BCUT2D eigenvalue weighted by Gasteiger charge is 2.13. The van der Waals surface area contributed by atoms with Gasteiger partial charge in [-0.2, -0.15) is 15.0 Å². The van der Waals surface area contributed by atoms with Gasteiger partial charge < -0.3 is 10.1 Å². The molecule has 9 heteroatoms. The van der Waals surface area contributed by atoms with E-state index in [0.29, 0.717) is 28.8 Å². The Hall–Kier alpha value is -2.97. The molecule has 0 atom stereocenters. The minimum Gasteiger partial charge on any atom is -0.480 e. The zero-order valence-electron chi connectivity index (χ0n) is 21.7. The number of aromatic nitrogens is 6. The van der Waals surface area contributed by atoms with Crippen LogP contribution in [0.2, 0.25) is 6.82 Å². The van der Waals surface area contributed by atoms with Gasteiger partial charge in [-0.05, 0) is 24.3 Å². The molecule has 8 nitrogen and oxygen atoms in total. The SMILES string of the molecule is CCCCCCCCCC.CNc1ccc(-c2ccc(-c3cnn(C)n3)c(OC)n2)nn1.[B]C. The van der Waals surface area contributed by atoms with Gasteiger partial charge >= 0.3 is 0 Å². The first-order valence-corrected chi connectivity index (χ1v) is 12.1. The molecule has 0 aromatic carbocycles. The highest BCUT2D eigenvalue weighted by atomic mass is 16.5. The maximum absolute atomic E-state index is 5.37. The molecule has 3 aromatic rings. The van der Waals surface area contributed by atoms with E-state index in [1.54, 1.807) is 27.4 Å². The maximum Gasteiger partial charge on any atom is 0.223 e. The molecule has 3 aromatic heterocycles. The Bertz CT molecular complexity index is 908. The highest BCUT2D eigenvalue weighted by Crippen LogP contribution is 2.29. The van der Waals surface area contributed by atoms with E-state index in [-0.39, 0.29) is 0 Å². The predicted molar refractivity (Wildman–Crippen MR) is 141 cm³/mol. The standard InChI is InChI=1S/C14H15N7O.C10H22.CH3B/c1-15-13-7-6-11(18-19-13)10-5-4-9(14(17-10)22-3)12-8-16-21(2)20-12;1-3-5-7-9-10-8-6-4-2;1-2/h4-8H,1-3H3,(H,15,19);3-10H2,1-2H3;1H3. The quantitative estimate of drug-likeness (QED) is 0.285. The molecule has 2 radical (unpaired) electrons. The van der Waals surface area contributed by atoms with E-state index in [2.05, 4.69) is 52.4 Å². The summed E-state index contributed by atoms with van der Waals surface area (Å²) >= 11 is 0. The van der Waals surface area contributed by atoms with Crippen LogP contribution in [-0.2, 0) is 7.05 Å². The molecule has 0 spiro atoms. The fraction of sp³-hybridized carbons (Fsp3) is 0.560. The summed E-state index contributed by atoms with van der Waals surface area (Å²) in [5.41, 5.74) is 2.83. The van der Waals surface area contributed by atoms with Crippen LogP contribution in [-0.4, -0.2) is 52.2 Å². The average molecular weight is 465 g/mol. The molecule has 0 unspecified atom stereocenters. The van der Waals surface area contributed by atoms with Crippen LogP contribution in [0.4, 0.5) is 5.82 Å². The van der Waals surface area contributed by atoms with Gasteiger partial charge in [0.2, 0.25) is 5.88 Å². The Morgan fingerprint density at radius 2 is 1.47 bits per heavy atom. The molecular formula is C25H40BN7O. The van der Waals surface area contributed by atoms with Gasteiger partial charge in [0.05, 0.1) is 32.4 Å². The smallest absolute Gasteiger partial charge is 0.223 e. The van der Waals surface area contributed by atoms with Crippen molar-refractivity contribution >= 4 is 13.7 Å². The van der Waals surface area contributed by atoms with E-state index in [0.717, 1.165) is 5.56 Å². The van der Waals surface area contributed by atoms with Crippen molar-refractivity contribution in [1.29, 1.82) is 0 Å². The van der Waals surface area contributed by atoms with Crippen molar-refractivity contribution in [3.05, 3.63) is 30.5 Å². The number of nitrogens with zero attached hydrogens (tertiary/aromatic N) is 6. The monoisotopic (exact) mass is 465 g/mol. The fourth-order valence-electron chi connectivity index (χ4n) is 3.21. The van der Waals surface area contributed by atoms with Crippen LogP contribution in [0.15, 0.2) is 30.5 Å². The lowest BCUT2D eigenvalue weighted by atomic mass is 10.1. The number of rotatable bonds is 11. The Balaban J connectivity index is 0.000000409. The Morgan fingerprint density at radius 3 is 1.94 bits per heavy atom. The van der Waals surface area contributed by atoms with E-state index < -0.39 is 0 Å². The predicted octanol–water partition coefficient (Wildman–Crippen LogP) is 5.73. The summed E-state index contributed by atoms with van der Waals surface area (Å²) in [6, 6.07) is 7.43. The van der Waals surface area contributed by atoms with Gasteiger partial charge in [-0.25, -0.2) is 4.98 Å². The van der Waals surface area contributed by atoms with Crippen molar-refractivity contribution in [2.45, 2.75) is 72.0 Å². The summed E-state index contributed by atoms with van der Waals surface area (Å²) in [4.78, 5) is 5.97. The maximum atomic E-state index is 5.37. The second kappa shape index (κ2) is 17.5. The molecule has 184 valence electrons. The third-order valence-electron chi connectivity index (χ3n) is 5.07. The van der Waals surface area contributed by atoms with Crippen LogP contribution in [0, 0.1) is 0 Å². The van der Waals surface area contributed by atoms with Crippen LogP contribution in [0.5, 0.6) is 5.88 Å². The van der Waals surface area contributed by atoms with Crippen LogP contribution in [0.1, 0.15) is 65.2 Å². The van der Waals surface area contributed by atoms with Gasteiger partial charge in [-0.3, -0.25) is 0 Å². The number of nitrogens with one attached hydrogen (secondary N) is 1. The number of pyridine rings is 1. The Kier molecular flexibility index (Phi) is 15.0. The molecule has 0 saturated heterocycles. The molecule has 3 heterocycles. The first-order valence-electron chi connectivity index (χ1n) is 12.1. The second-order valence-electron chi connectivity index (χ2n) is 7.65. The molecule has 0 aliphatic carbocycles. The number of hydrogen-bond donors (Lipinski definition) is 1. The zero-order chi connectivity index (χ0) is 25.2. The van der Waals surface area contributed by atoms with Gasteiger partial charge in [0.1, 0.15) is 17.2 Å². The lowest BCUT2D eigenvalue weighted by Crippen LogP contribution is -1.98. The molecule has 3 rings (SSSR count). The molecule has 0 amide bonds. The second-order valence-corrected chi connectivity index (χ2v) is 7.65. The van der Waals surface area contributed by atoms with Crippen LogP contribution in [0.3, 0.4) is 0 Å². The minimum atomic E-state index is 0.470. The first kappa shape index (κ1) is 29.1. The average Bonchev–Trinajstić information content (AvgIpc) is 3.33. The molecule has 0 saturated carbocycles. The van der Waals surface area contributed by atoms with E-state index in [1.165, 1.54) is 63.0 Å². The lowest BCUT2D eigenvalue weighted by Gasteiger charge is -2.07. The van der Waals surface area contributed by atoms with Crippen LogP contribution >= 0.6 is 0 Å². The number of unbranched alkanes of at least 4 members (excludes halogenated alkanes) is 7. The van der Waals surface area contributed by atoms with Crippen LogP contribution in [0.25, 0.3) is 22.6 Å². The highest BCUT2D eigenvalue weighted by molar-refractivity contribution is 6.05. The van der Waals surface area contributed by atoms with Crippen molar-refractivity contribution in [2.24, 2.45) is 7.05 Å². The first-order chi connectivity index (χ1) is 16.6. The molecule has 0 aliphatic heterocycles. The van der Waals surface area contributed by atoms with Gasteiger partial charge in [0.15, 0.2) is 0 Å². The molecule has 1 N–H and O–H groups in total. The molecule has 0 fully saturated rings. The fourth-order valence-corrected chi connectivity index (χ4v) is 3.21. The summed E-state index contributed by atoms with van der Waals surface area (Å²) in [7, 11) is 9.62. The third kappa shape index (κ3) is 9.89. The lowest BCUT2D eigenvalue weighted by molar-refractivity contribution is 0.400. The molecule has 0 bridgehead atoms. The zero-order valence-corrected chi connectivity index (χ0v) is 21.7. The van der Waals surface area contributed by atoms with Gasteiger partial charge in [-0.1, -0.05) is 72.0 Å². The van der Waals surface area contributed by atoms with Crippen molar-refractivity contribution in [2.75, 3.05) is 19.5 Å². The normalized spacial score (nSPS) is 9.94. The summed E-state index contributed by atoms with van der Waals surface area (Å²) < 4.78 is 5.37. The largest absolute Gasteiger partial charge is 0.480 e. The van der Waals surface area contributed by atoms with Crippen molar-refractivity contribution in [3.63, 3.8) is 0 Å². The summed E-state index contributed by atoms with van der Waals surface area (Å²) in [5.74, 6) is 1.17. The van der Waals surface area contributed by atoms with Crippen molar-refractivity contribution in [3.8, 4) is 28.5 Å². The topological polar surface area (TPSA) is 90.6 Å². The molecule has 34 heavy (non-hydrogen) atoms. The minimum absolute atomic E-state index is 0.470. The summed E-state index contributed by atoms with van der Waals surface area (Å²) in [6.45, 7) is 6.04. The summed E-state index contributed by atoms with van der Waals surface area (Å²) in [6.07, 6.45) is 13.1. The number of hydrogen-bond acceptors (Lipinski definition) is 7. The van der Waals surface area contributed by atoms with E-state index in [9.17, 15) is 0 Å². The summed E-state index contributed by atoms with van der Waals surface area (Å²) in [5, 5.41) is 19.4. The number of methoxy groups -OCH3 is 1. The van der Waals surface area contributed by atoms with Crippen LogP contribution < -0.4 is 10.1 Å². The van der Waals surface area contributed by atoms with Crippen molar-refractivity contribution in [1.82, 2.24) is 30.2 Å². The molecular weight excluding hydrogens is 425 g/mol. The molecule has 0 aliphatic rings. The van der Waals surface area contributed by atoms with E-state index in [1.807, 2.05) is 24.3 Å². The number of ether oxygens (including phenoxy) is 1. The van der Waals surface area contributed by atoms with E-state index in [4.69, 9.17) is 4.74 Å². The van der Waals surface area contributed by atoms with Crippen molar-refractivity contribution < 1.29 is 4.74 Å². The van der Waals surface area contributed by atoms with Gasteiger partial charge in [0.25, 0.3) is 0 Å². The number of aryl methyl sites for hydroxylation is 1. The third-order valence-corrected chi connectivity index (χ3v) is 5.07. The Labute approximate surface area is 206 Å². The number of anilines is 1. The van der Waals surface area contributed by atoms with Gasteiger partial charge in [0, 0.05) is 14.1 Å².